The zero-order valence-electron chi connectivity index (χ0n) is 21.7. The Labute approximate surface area is 220 Å². The molecule has 4 aromatic heterocycles. The number of hydrogen-bond acceptors (Lipinski definition) is 6. The van der Waals surface area contributed by atoms with E-state index in [1.165, 1.54) is 0 Å². The van der Waals surface area contributed by atoms with Crippen molar-refractivity contribution in [2.45, 2.75) is 52.6 Å². The minimum atomic E-state index is -0.187. The van der Waals surface area contributed by atoms with Gasteiger partial charge in [0.25, 0.3) is 0 Å². The lowest BCUT2D eigenvalue weighted by Gasteiger charge is -2.13. The van der Waals surface area contributed by atoms with Gasteiger partial charge in [-0.05, 0) is 49.6 Å². The molecule has 1 N–H and O–H groups in total. The number of nitrogens with zero attached hydrogens (tertiary/aromatic N) is 7. The first-order valence-electron chi connectivity index (χ1n) is 12.8. The van der Waals surface area contributed by atoms with Crippen LogP contribution >= 0.6 is 0 Å². The first-order chi connectivity index (χ1) is 18.5. The summed E-state index contributed by atoms with van der Waals surface area (Å²) in [7, 11) is 0. The number of aromatic nitrogens is 8. The van der Waals surface area contributed by atoms with E-state index in [0.29, 0.717) is 23.8 Å². The number of H-pyrrole nitrogens is 1. The Morgan fingerprint density at radius 3 is 2.55 bits per heavy atom. The second-order valence-electron chi connectivity index (χ2n) is 9.50. The van der Waals surface area contributed by atoms with Crippen LogP contribution in [0.3, 0.4) is 0 Å². The van der Waals surface area contributed by atoms with Crippen molar-refractivity contribution in [2.75, 3.05) is 0 Å². The Balaban J connectivity index is 1.51. The molecule has 10 heteroatoms. The maximum Gasteiger partial charge on any atom is 0.334 e. The summed E-state index contributed by atoms with van der Waals surface area (Å²) in [6.07, 6.45) is 9.05. The molecule has 10 nitrogen and oxygen atoms in total. The average molecular weight is 511 g/mol. The van der Waals surface area contributed by atoms with Gasteiger partial charge in [0, 0.05) is 41.5 Å². The van der Waals surface area contributed by atoms with Gasteiger partial charge in [-0.1, -0.05) is 43.7 Å². The molecule has 194 valence electrons. The summed E-state index contributed by atoms with van der Waals surface area (Å²) in [5, 5.41) is 14.4. The topological polar surface area (TPSA) is 116 Å². The van der Waals surface area contributed by atoms with E-state index in [0.717, 1.165) is 53.6 Å². The van der Waals surface area contributed by atoms with Crippen LogP contribution in [0.2, 0.25) is 0 Å². The molecule has 5 aromatic rings. The number of benzene rings is 1. The quantitative estimate of drug-likeness (QED) is 0.277. The summed E-state index contributed by atoms with van der Waals surface area (Å²) in [6.45, 7) is 6.51. The van der Waals surface area contributed by atoms with Gasteiger partial charge in [0.2, 0.25) is 5.82 Å². The summed E-state index contributed by atoms with van der Waals surface area (Å²) in [4.78, 5) is 30.2. The fraction of sp³-hybridized carbons (Fsp3) is 0.286. The third kappa shape index (κ3) is 4.72. The maximum absolute atomic E-state index is 13.7. The Morgan fingerprint density at radius 2 is 1.89 bits per heavy atom. The van der Waals surface area contributed by atoms with Crippen molar-refractivity contribution >= 4 is 6.29 Å². The highest BCUT2D eigenvalue weighted by molar-refractivity contribution is 5.80. The summed E-state index contributed by atoms with van der Waals surface area (Å²) in [5.74, 6) is 1.11. The van der Waals surface area contributed by atoms with Crippen molar-refractivity contribution in [3.05, 3.63) is 88.5 Å². The molecular weight excluding hydrogens is 480 g/mol. The van der Waals surface area contributed by atoms with Gasteiger partial charge in [0.15, 0.2) is 6.29 Å². The molecule has 0 radical (unpaired) electrons. The number of aryl methyl sites for hydroxylation is 1. The molecule has 0 fully saturated rings. The highest BCUT2D eigenvalue weighted by atomic mass is 16.2. The van der Waals surface area contributed by atoms with Crippen LogP contribution < -0.4 is 5.69 Å². The van der Waals surface area contributed by atoms with Crippen molar-refractivity contribution < 1.29 is 4.79 Å². The van der Waals surface area contributed by atoms with Crippen LogP contribution in [0.25, 0.3) is 28.3 Å². The van der Waals surface area contributed by atoms with Gasteiger partial charge in [-0.3, -0.25) is 18.9 Å². The minimum Gasteiger partial charge on any atom is -0.331 e. The molecule has 0 aliphatic rings. The van der Waals surface area contributed by atoms with Crippen LogP contribution in [0.1, 0.15) is 61.4 Å². The Morgan fingerprint density at radius 1 is 1.08 bits per heavy atom. The zero-order valence-corrected chi connectivity index (χ0v) is 21.7. The van der Waals surface area contributed by atoms with E-state index in [2.05, 4.69) is 27.5 Å². The number of rotatable bonds is 10. The van der Waals surface area contributed by atoms with E-state index in [4.69, 9.17) is 4.98 Å². The summed E-state index contributed by atoms with van der Waals surface area (Å²) in [5.41, 5.74) is 4.68. The molecule has 5 rings (SSSR count). The zero-order chi connectivity index (χ0) is 26.6. The Hall–Kier alpha value is -4.60. The Bertz CT molecular complexity index is 1590. The van der Waals surface area contributed by atoms with Gasteiger partial charge in [0.05, 0.1) is 17.8 Å². The predicted molar refractivity (Wildman–Crippen MR) is 144 cm³/mol. The molecule has 0 saturated carbocycles. The number of nitrogens with one attached hydrogen (secondary N) is 1. The van der Waals surface area contributed by atoms with E-state index >= 15 is 0 Å². The van der Waals surface area contributed by atoms with Crippen molar-refractivity contribution in [1.82, 2.24) is 39.3 Å². The van der Waals surface area contributed by atoms with Gasteiger partial charge in [0.1, 0.15) is 5.82 Å². The van der Waals surface area contributed by atoms with Crippen LogP contribution in [-0.2, 0) is 13.0 Å². The van der Waals surface area contributed by atoms with E-state index in [1.54, 1.807) is 21.4 Å². The normalized spacial score (nSPS) is 11.4. The minimum absolute atomic E-state index is 0.0950. The molecule has 0 atom stereocenters. The lowest BCUT2D eigenvalue weighted by Crippen LogP contribution is -2.27. The highest BCUT2D eigenvalue weighted by Crippen LogP contribution is 2.29. The molecule has 38 heavy (non-hydrogen) atoms. The molecule has 0 amide bonds. The van der Waals surface area contributed by atoms with Crippen LogP contribution in [0, 0.1) is 0 Å². The molecule has 0 bridgehead atoms. The fourth-order valence-corrected chi connectivity index (χ4v) is 4.68. The molecule has 0 aliphatic heterocycles. The van der Waals surface area contributed by atoms with E-state index < -0.39 is 0 Å². The van der Waals surface area contributed by atoms with E-state index in [-0.39, 0.29) is 11.7 Å². The number of unbranched alkanes of at least 4 members (excludes halogenated alkanes) is 1. The molecule has 1 aromatic carbocycles. The molecule has 0 aliphatic carbocycles. The maximum atomic E-state index is 13.7. The largest absolute Gasteiger partial charge is 0.334 e. The molecule has 4 heterocycles. The molecule has 0 unspecified atom stereocenters. The fourth-order valence-electron chi connectivity index (χ4n) is 4.68. The van der Waals surface area contributed by atoms with Crippen molar-refractivity contribution in [3.63, 3.8) is 0 Å². The van der Waals surface area contributed by atoms with Crippen LogP contribution in [0.15, 0.2) is 65.8 Å². The molecule has 0 spiro atoms. The number of tetrazole rings is 1. The van der Waals surface area contributed by atoms with Gasteiger partial charge >= 0.3 is 5.69 Å². The second kappa shape index (κ2) is 10.8. The SMILES string of the molecule is CCCCc1cn(-c2c(C=O)ccn2C(C)C)c(=O)n1Cc1ccc(-c2ccccc2-c2nn[nH]n2)cn1. The number of pyridine rings is 1. The van der Waals surface area contributed by atoms with Crippen LogP contribution in [-0.4, -0.2) is 45.6 Å². The van der Waals surface area contributed by atoms with Crippen molar-refractivity contribution in [2.24, 2.45) is 0 Å². The van der Waals surface area contributed by atoms with Crippen molar-refractivity contribution in [1.29, 1.82) is 0 Å². The Kier molecular flexibility index (Phi) is 7.12. The third-order valence-electron chi connectivity index (χ3n) is 6.65. The number of aldehydes is 1. The van der Waals surface area contributed by atoms with Crippen LogP contribution in [0.4, 0.5) is 0 Å². The van der Waals surface area contributed by atoms with Crippen LogP contribution in [0.5, 0.6) is 0 Å². The number of carbonyl (C=O) groups excluding carboxylic acids is 1. The van der Waals surface area contributed by atoms with E-state index in [1.807, 2.05) is 67.2 Å². The van der Waals surface area contributed by atoms with Gasteiger partial charge in [-0.2, -0.15) is 5.21 Å². The lowest BCUT2D eigenvalue weighted by molar-refractivity contribution is 0.112. The number of hydrogen-bond donors (Lipinski definition) is 1. The third-order valence-corrected chi connectivity index (χ3v) is 6.65. The number of carbonyl (C=O) groups is 1. The van der Waals surface area contributed by atoms with E-state index in [9.17, 15) is 9.59 Å². The molecular formula is C28H30N8O2. The van der Waals surface area contributed by atoms with Gasteiger partial charge < -0.3 is 4.57 Å². The predicted octanol–water partition coefficient (Wildman–Crippen LogP) is 4.47. The first kappa shape index (κ1) is 25.1. The smallest absolute Gasteiger partial charge is 0.331 e. The summed E-state index contributed by atoms with van der Waals surface area (Å²) >= 11 is 0. The second-order valence-corrected chi connectivity index (χ2v) is 9.50. The first-order valence-corrected chi connectivity index (χ1v) is 12.8. The standard InChI is InChI=1S/C28H30N8O2/c1-4-5-8-23-17-36(27-21(18-37)13-14-34(27)19(2)3)28(38)35(23)16-22-12-11-20(15-29-22)24-9-6-7-10-25(24)26-30-32-33-31-26/h6-7,9-15,17-19H,4-5,8,16H2,1-3H3,(H,30,31,32,33). The monoisotopic (exact) mass is 510 g/mol. The van der Waals surface area contributed by atoms with Crippen molar-refractivity contribution in [3.8, 4) is 28.3 Å². The number of aromatic amines is 1. The average Bonchev–Trinajstić information content (AvgIpc) is 3.68. The lowest BCUT2D eigenvalue weighted by atomic mass is 10.0. The summed E-state index contributed by atoms with van der Waals surface area (Å²) in [6, 6.07) is 13.6. The van der Waals surface area contributed by atoms with Gasteiger partial charge in [-0.25, -0.2) is 4.79 Å². The number of imidazole rings is 1. The van der Waals surface area contributed by atoms with Gasteiger partial charge in [-0.15, -0.1) is 10.2 Å². The summed E-state index contributed by atoms with van der Waals surface area (Å²) < 4.78 is 5.31. The molecule has 0 saturated heterocycles. The highest BCUT2D eigenvalue weighted by Gasteiger charge is 2.20.